The van der Waals surface area contributed by atoms with Gasteiger partial charge in [-0.15, -0.1) is 0 Å². The second-order valence-corrected chi connectivity index (χ2v) is 31.2. The zero-order valence-corrected chi connectivity index (χ0v) is 64.7. The molecule has 1 spiro atoms. The van der Waals surface area contributed by atoms with Crippen molar-refractivity contribution in [1.29, 1.82) is 0 Å². The quantitative estimate of drug-likeness (QED) is 0.144. The van der Waals surface area contributed by atoms with Gasteiger partial charge in [-0.05, 0) is 137 Å². The molecule has 0 radical (unpaired) electrons. The van der Waals surface area contributed by atoms with E-state index >= 15 is 51.9 Å². The van der Waals surface area contributed by atoms with Gasteiger partial charge in [0.1, 0.15) is 71.1 Å². The molecule has 3 saturated carbocycles. The van der Waals surface area contributed by atoms with Crippen molar-refractivity contribution in [2.24, 2.45) is 17.8 Å². The Morgan fingerprint density at radius 1 is 0.631 bits per heavy atom. The smallest absolute Gasteiger partial charge is 0.377 e. The van der Waals surface area contributed by atoms with E-state index < -0.39 is 222 Å². The van der Waals surface area contributed by atoms with Crippen molar-refractivity contribution in [1.82, 2.24) is 60.0 Å². The Balaban J connectivity index is 1.13. The number of nitrogens with zero attached hydrogens (tertiary/aromatic N) is 9. The molecular weight excluding hydrogens is 1460 g/mol. The van der Waals surface area contributed by atoms with E-state index in [2.05, 4.69) is 16.0 Å². The molecule has 2 aromatic carbocycles. The lowest BCUT2D eigenvalue weighted by molar-refractivity contribution is -0.158. The monoisotopic (exact) mass is 1570 g/mol. The Labute approximate surface area is 642 Å². The molecule has 2 bridgehead atoms. The number of fused-ring (bicyclic) bond motifs is 3. The summed E-state index contributed by atoms with van der Waals surface area (Å²) in [5, 5.41) is 8.38. The van der Waals surface area contributed by atoms with E-state index in [1.54, 1.807) is 37.8 Å². The first kappa shape index (κ1) is 86.2. The Bertz CT molecular complexity index is 3770. The molecule has 2 aromatic rings. The molecule has 3 saturated heterocycles. The van der Waals surface area contributed by atoms with Crippen molar-refractivity contribution in [2.45, 2.75) is 228 Å². The first-order valence-corrected chi connectivity index (χ1v) is 38.7. The van der Waals surface area contributed by atoms with Crippen molar-refractivity contribution >= 4 is 70.9 Å². The molecule has 4 aliphatic heterocycles. The number of ether oxygens (including phenoxy) is 1. The molecule has 25 nitrogen and oxygen atoms in total. The average molecular weight is 1570 g/mol. The lowest BCUT2D eigenvalue weighted by Crippen LogP contribution is -2.68. The molecule has 33 heteroatoms. The first-order chi connectivity index (χ1) is 52.4. The van der Waals surface area contributed by atoms with E-state index in [4.69, 9.17) is 4.74 Å². The number of hydrogen-bond acceptors (Lipinski definition) is 13. The van der Waals surface area contributed by atoms with E-state index in [0.29, 0.717) is 76.6 Å². The number of hydrogen-bond donors (Lipinski definition) is 3. The van der Waals surface area contributed by atoms with Crippen molar-refractivity contribution in [2.75, 3.05) is 88.2 Å². The maximum atomic E-state index is 15.7. The van der Waals surface area contributed by atoms with Gasteiger partial charge in [-0.1, -0.05) is 76.7 Å². The van der Waals surface area contributed by atoms with Crippen LogP contribution in [0, 0.1) is 29.4 Å². The maximum Gasteiger partial charge on any atom is 0.422 e. The number of likely N-dealkylation sites (tertiary alicyclic amines) is 1. The van der Waals surface area contributed by atoms with E-state index in [9.17, 15) is 40.7 Å². The standard InChI is InChI=1S/C78H106F8N12O13/c1-10-46(3)65-73(108)91(5)45-63(101)92(6)56-25-13-12-16-36-97(72(56)107)60(40-48-26-29-51(30-27-48)77(81,82)83)70(105)90(4)44-61(99)87-55(31-28-49-37-53(79)64(54(80)38-49)78(84,85)86)69(104)98-43-52(111-11-2)41-58(98)68(103)89-76(32-20-33-76)75(110)95(9)66(50-23-14-15-24-50)74(109)94(8)59(71(106)96-34-17-18-35-96)42-62(100)93(7)57(67(102)88-65)39-47-21-19-22-47/h12-13,26-27,29-30,37-38,46-47,50,52,55-60,65-66H,10-11,14-25,28,31-36,39-45H2,1-9H3,(H,87,99)(H,88,102)(H,89,103)/b13-12-/t46-,52+,55-,56+,57-,58-,59-,60-,65-,66-/m0/s1. The maximum absolute atomic E-state index is 15.7. The molecule has 6 fully saturated rings. The zero-order chi connectivity index (χ0) is 81.3. The molecule has 9 rings (SSSR count). The van der Waals surface area contributed by atoms with Crippen molar-refractivity contribution < 1.29 is 97.4 Å². The second-order valence-electron chi connectivity index (χ2n) is 31.2. The molecule has 3 aliphatic carbocycles. The number of halogens is 8. The normalized spacial score (nSPS) is 27.2. The van der Waals surface area contributed by atoms with Crippen LogP contribution in [0.2, 0.25) is 0 Å². The number of amides is 12. The molecule has 4 heterocycles. The molecule has 612 valence electrons. The second kappa shape index (κ2) is 36.8. The van der Waals surface area contributed by atoms with E-state index in [1.807, 2.05) is 0 Å². The summed E-state index contributed by atoms with van der Waals surface area (Å²) in [6.07, 6.45) is -3.47. The van der Waals surface area contributed by atoms with Gasteiger partial charge in [0.05, 0.1) is 31.2 Å². The van der Waals surface area contributed by atoms with Gasteiger partial charge < -0.3 is 64.8 Å². The van der Waals surface area contributed by atoms with Crippen LogP contribution in [0.3, 0.4) is 0 Å². The van der Waals surface area contributed by atoms with E-state index in [1.165, 1.54) is 49.9 Å². The summed E-state index contributed by atoms with van der Waals surface area (Å²) < 4.78 is 120. The minimum Gasteiger partial charge on any atom is -0.377 e. The zero-order valence-electron chi connectivity index (χ0n) is 64.7. The summed E-state index contributed by atoms with van der Waals surface area (Å²) in [7, 11) is 8.02. The number of alkyl halides is 6. The van der Waals surface area contributed by atoms with Crippen LogP contribution >= 0.6 is 0 Å². The minimum atomic E-state index is -5.46. The molecule has 3 N–H and O–H groups in total. The fraction of sp³-hybridized carbons (Fsp3) is 0.667. The van der Waals surface area contributed by atoms with Crippen molar-refractivity contribution in [3.05, 3.63) is 82.4 Å². The summed E-state index contributed by atoms with van der Waals surface area (Å²) >= 11 is 0. The van der Waals surface area contributed by atoms with Crippen LogP contribution < -0.4 is 16.0 Å². The van der Waals surface area contributed by atoms with Gasteiger partial charge in [-0.2, -0.15) is 26.3 Å². The fourth-order valence-corrected chi connectivity index (χ4v) is 16.5. The van der Waals surface area contributed by atoms with E-state index in [0.717, 1.165) is 75.1 Å². The highest BCUT2D eigenvalue weighted by Crippen LogP contribution is 2.40. The highest BCUT2D eigenvalue weighted by atomic mass is 19.4. The summed E-state index contributed by atoms with van der Waals surface area (Å²) in [4.78, 5) is 193. The third-order valence-corrected chi connectivity index (χ3v) is 23.8. The predicted octanol–water partition coefficient (Wildman–Crippen LogP) is 6.42. The highest BCUT2D eigenvalue weighted by Gasteiger charge is 2.54. The van der Waals surface area contributed by atoms with Gasteiger partial charge in [-0.3, -0.25) is 57.5 Å². The number of carbonyl (C=O) groups excluding carboxylic acids is 12. The molecule has 0 unspecified atom stereocenters. The number of nitrogens with one attached hydrogen (secondary N) is 3. The summed E-state index contributed by atoms with van der Waals surface area (Å²) in [6, 6.07) is -7.08. The van der Waals surface area contributed by atoms with Gasteiger partial charge in [0.25, 0.3) is 0 Å². The first-order valence-electron chi connectivity index (χ1n) is 38.7. The summed E-state index contributed by atoms with van der Waals surface area (Å²) in [6.45, 7) is 3.66. The third-order valence-electron chi connectivity index (χ3n) is 23.8. The molecule has 12 amide bonds. The largest absolute Gasteiger partial charge is 0.422 e. The van der Waals surface area contributed by atoms with Crippen LogP contribution in [0.4, 0.5) is 35.1 Å². The Morgan fingerprint density at radius 3 is 1.85 bits per heavy atom. The predicted molar refractivity (Wildman–Crippen MR) is 388 cm³/mol. The van der Waals surface area contributed by atoms with Gasteiger partial charge in [0.2, 0.25) is 70.9 Å². The van der Waals surface area contributed by atoms with Crippen LogP contribution in [0.25, 0.3) is 0 Å². The van der Waals surface area contributed by atoms with Crippen LogP contribution in [-0.4, -0.2) is 263 Å². The van der Waals surface area contributed by atoms with Crippen molar-refractivity contribution in [3.63, 3.8) is 0 Å². The number of carbonyl (C=O) groups is 12. The van der Waals surface area contributed by atoms with Gasteiger partial charge >= 0.3 is 12.4 Å². The van der Waals surface area contributed by atoms with Crippen molar-refractivity contribution in [3.8, 4) is 0 Å². The topological polar surface area (TPSA) is 279 Å². The molecule has 7 aliphatic rings. The Kier molecular flexibility index (Phi) is 28.6. The SMILES string of the molecule is CCO[C@@H]1C[C@H]2C(=O)NC3(CCC3)C(=O)N(C)[C@@H](C3CCCC3)C(=O)N(C)[C@H](C(=O)N3CCCC3)CC(=O)N(C)[C@@H](CC3CCC3)C(=O)N[C@@H]([C@@H](C)CC)C(=O)N(C)CC(=O)N(C)[C@@H]3C/C=C\CCN(C3=O)[C@@H](Cc3ccc(C(F)(F)F)cc3)C(=O)N(C)CC(=O)N[C@@H](CCc3cc(F)c(C(F)(F)F)c(F)c3)C(=O)N2C1. The Morgan fingerprint density at radius 2 is 1.27 bits per heavy atom. The van der Waals surface area contributed by atoms with Crippen LogP contribution in [0.15, 0.2) is 48.6 Å². The average Bonchev–Trinajstić information content (AvgIpc) is 1.74. The van der Waals surface area contributed by atoms with Gasteiger partial charge in [-0.25, -0.2) is 8.78 Å². The summed E-state index contributed by atoms with van der Waals surface area (Å²) in [5.74, 6) is -14.7. The Hall–Kier alpha value is -8.78. The lowest BCUT2D eigenvalue weighted by Gasteiger charge is -2.46. The minimum absolute atomic E-state index is 0.0172. The molecule has 111 heavy (non-hydrogen) atoms. The van der Waals surface area contributed by atoms with Crippen LogP contribution in [0.5, 0.6) is 0 Å². The van der Waals surface area contributed by atoms with Gasteiger partial charge in [0.15, 0.2) is 0 Å². The third kappa shape index (κ3) is 20.2. The molecular formula is C78H106F8N12O13. The molecule has 0 aromatic heterocycles. The highest BCUT2D eigenvalue weighted by molar-refractivity contribution is 6.01. The van der Waals surface area contributed by atoms with E-state index in [-0.39, 0.29) is 69.7 Å². The van der Waals surface area contributed by atoms with Crippen LogP contribution in [-0.2, 0) is 87.5 Å². The number of rotatable bonds is 13. The fourth-order valence-electron chi connectivity index (χ4n) is 16.5. The van der Waals surface area contributed by atoms with Crippen LogP contribution in [0.1, 0.15) is 165 Å². The number of aryl methyl sites for hydroxylation is 1. The lowest BCUT2D eigenvalue weighted by atomic mass is 9.74. The summed E-state index contributed by atoms with van der Waals surface area (Å²) in [5.41, 5.74) is -5.22. The van der Waals surface area contributed by atoms with Gasteiger partial charge in [0, 0.05) is 87.9 Å². The molecule has 10 atom stereocenters. The number of likely N-dealkylation sites (N-methyl/N-ethyl adjacent to an activating group) is 6. The number of benzene rings is 2.